The molecule has 3 nitrogen and oxygen atoms in total. The molecule has 1 saturated carbocycles. The van der Waals surface area contributed by atoms with Gasteiger partial charge in [0, 0.05) is 23.5 Å². The van der Waals surface area contributed by atoms with Gasteiger partial charge in [-0.25, -0.2) is 0 Å². The van der Waals surface area contributed by atoms with Gasteiger partial charge in [-0.2, -0.15) is 5.10 Å². The SMILES string of the molecule is NC(Cc1ccn(C2CCCC2)n1)c1ccc(Cl)s1. The summed E-state index contributed by atoms with van der Waals surface area (Å²) in [5, 5.41) is 4.67. The van der Waals surface area contributed by atoms with Gasteiger partial charge in [0.15, 0.2) is 0 Å². The second kappa shape index (κ2) is 5.65. The highest BCUT2D eigenvalue weighted by atomic mass is 35.5. The van der Waals surface area contributed by atoms with Crippen molar-refractivity contribution in [3.05, 3.63) is 39.3 Å². The number of nitrogens with zero attached hydrogens (tertiary/aromatic N) is 2. The molecule has 0 radical (unpaired) electrons. The predicted octanol–water partition coefficient (Wildman–Crippen LogP) is 3.96. The van der Waals surface area contributed by atoms with Crippen LogP contribution in [0.25, 0.3) is 0 Å². The predicted molar refractivity (Wildman–Crippen MR) is 79.7 cm³/mol. The summed E-state index contributed by atoms with van der Waals surface area (Å²) in [7, 11) is 0. The minimum Gasteiger partial charge on any atom is -0.323 e. The Morgan fingerprint density at radius 2 is 2.16 bits per heavy atom. The van der Waals surface area contributed by atoms with Crippen LogP contribution in [0.15, 0.2) is 24.4 Å². The molecule has 1 atom stereocenters. The largest absolute Gasteiger partial charge is 0.323 e. The molecule has 0 bridgehead atoms. The average Bonchev–Trinajstić information content (AvgIpc) is 3.07. The first-order valence-electron chi connectivity index (χ1n) is 6.77. The molecule has 0 aromatic carbocycles. The lowest BCUT2D eigenvalue weighted by Gasteiger charge is -2.10. The number of rotatable bonds is 4. The molecule has 2 N–H and O–H groups in total. The molecular weight excluding hydrogens is 278 g/mol. The summed E-state index contributed by atoms with van der Waals surface area (Å²) in [6, 6.07) is 6.59. The maximum atomic E-state index is 6.21. The van der Waals surface area contributed by atoms with Crippen LogP contribution >= 0.6 is 22.9 Å². The first-order valence-corrected chi connectivity index (χ1v) is 7.96. The van der Waals surface area contributed by atoms with E-state index in [1.165, 1.54) is 25.7 Å². The van der Waals surface area contributed by atoms with Gasteiger partial charge in [-0.1, -0.05) is 24.4 Å². The van der Waals surface area contributed by atoms with Crippen LogP contribution in [-0.4, -0.2) is 9.78 Å². The zero-order valence-corrected chi connectivity index (χ0v) is 12.3. The van der Waals surface area contributed by atoms with E-state index in [0.717, 1.165) is 21.3 Å². The van der Waals surface area contributed by atoms with Gasteiger partial charge in [-0.15, -0.1) is 11.3 Å². The highest BCUT2D eigenvalue weighted by molar-refractivity contribution is 7.16. The lowest BCUT2D eigenvalue weighted by Crippen LogP contribution is -2.13. The molecule has 1 aliphatic rings. The smallest absolute Gasteiger partial charge is 0.0931 e. The van der Waals surface area contributed by atoms with E-state index >= 15 is 0 Å². The molecule has 102 valence electrons. The van der Waals surface area contributed by atoms with E-state index in [2.05, 4.69) is 22.0 Å². The van der Waals surface area contributed by atoms with Crippen LogP contribution < -0.4 is 5.73 Å². The molecule has 2 aromatic rings. The Labute approximate surface area is 122 Å². The van der Waals surface area contributed by atoms with Crippen LogP contribution in [0, 0.1) is 0 Å². The van der Waals surface area contributed by atoms with Crippen LogP contribution in [0.5, 0.6) is 0 Å². The average molecular weight is 296 g/mol. The second-order valence-electron chi connectivity index (χ2n) is 5.18. The monoisotopic (exact) mass is 295 g/mol. The van der Waals surface area contributed by atoms with E-state index in [9.17, 15) is 0 Å². The lowest BCUT2D eigenvalue weighted by molar-refractivity contribution is 0.461. The molecule has 3 rings (SSSR count). The maximum Gasteiger partial charge on any atom is 0.0931 e. The molecule has 1 unspecified atom stereocenters. The van der Waals surface area contributed by atoms with Gasteiger partial charge in [0.2, 0.25) is 0 Å². The summed E-state index contributed by atoms with van der Waals surface area (Å²) in [5.41, 5.74) is 7.28. The molecule has 1 fully saturated rings. The molecule has 0 saturated heterocycles. The van der Waals surface area contributed by atoms with Gasteiger partial charge in [0.1, 0.15) is 0 Å². The molecule has 2 heterocycles. The van der Waals surface area contributed by atoms with Crippen molar-refractivity contribution in [1.29, 1.82) is 0 Å². The van der Waals surface area contributed by atoms with E-state index in [1.807, 2.05) is 12.1 Å². The van der Waals surface area contributed by atoms with E-state index in [-0.39, 0.29) is 6.04 Å². The zero-order chi connectivity index (χ0) is 13.2. The Kier molecular flexibility index (Phi) is 3.91. The zero-order valence-electron chi connectivity index (χ0n) is 10.8. The summed E-state index contributed by atoms with van der Waals surface area (Å²) >= 11 is 7.49. The molecule has 5 heteroatoms. The third kappa shape index (κ3) is 3.02. The third-order valence-corrected chi connectivity index (χ3v) is 5.11. The number of halogens is 1. The van der Waals surface area contributed by atoms with Crippen molar-refractivity contribution in [2.45, 2.75) is 44.2 Å². The summed E-state index contributed by atoms with van der Waals surface area (Å²) in [4.78, 5) is 1.13. The summed E-state index contributed by atoms with van der Waals surface area (Å²) in [6.45, 7) is 0. The van der Waals surface area contributed by atoms with Crippen molar-refractivity contribution in [1.82, 2.24) is 9.78 Å². The van der Waals surface area contributed by atoms with Crippen LogP contribution in [0.1, 0.15) is 48.3 Å². The highest BCUT2D eigenvalue weighted by Gasteiger charge is 2.18. The van der Waals surface area contributed by atoms with Gasteiger partial charge in [0.05, 0.1) is 16.1 Å². The van der Waals surface area contributed by atoms with E-state index < -0.39 is 0 Å². The first-order chi connectivity index (χ1) is 9.22. The molecule has 0 spiro atoms. The van der Waals surface area contributed by atoms with E-state index in [4.69, 9.17) is 17.3 Å². The number of hydrogen-bond acceptors (Lipinski definition) is 3. The van der Waals surface area contributed by atoms with E-state index in [1.54, 1.807) is 11.3 Å². The minimum atomic E-state index is -0.00979. The van der Waals surface area contributed by atoms with Gasteiger partial charge in [0.25, 0.3) is 0 Å². The normalized spacial score (nSPS) is 18.0. The standard InChI is InChI=1S/C14H18ClN3S/c15-14-6-5-13(19-14)12(16)9-10-7-8-18(17-10)11-3-1-2-4-11/h5-8,11-12H,1-4,9,16H2. The Bertz CT molecular complexity index is 542. The van der Waals surface area contributed by atoms with Crippen molar-refractivity contribution < 1.29 is 0 Å². The molecule has 19 heavy (non-hydrogen) atoms. The Balaban J connectivity index is 1.66. The highest BCUT2D eigenvalue weighted by Crippen LogP contribution is 2.30. The van der Waals surface area contributed by atoms with Gasteiger partial charge in [-0.3, -0.25) is 4.68 Å². The van der Waals surface area contributed by atoms with Gasteiger partial charge >= 0.3 is 0 Å². The lowest BCUT2D eigenvalue weighted by atomic mass is 10.1. The summed E-state index contributed by atoms with van der Waals surface area (Å²) < 4.78 is 2.91. The molecule has 0 aliphatic heterocycles. The Morgan fingerprint density at radius 1 is 1.37 bits per heavy atom. The van der Waals surface area contributed by atoms with Gasteiger partial charge < -0.3 is 5.73 Å². The van der Waals surface area contributed by atoms with Crippen molar-refractivity contribution in [2.24, 2.45) is 5.73 Å². The molecule has 0 amide bonds. The summed E-state index contributed by atoms with van der Waals surface area (Å²) in [5.74, 6) is 0. The number of aromatic nitrogens is 2. The second-order valence-corrected chi connectivity index (χ2v) is 6.92. The fraction of sp³-hybridized carbons (Fsp3) is 0.500. The first kappa shape index (κ1) is 13.2. The molecular formula is C14H18ClN3S. The number of thiophene rings is 1. The molecule has 1 aliphatic carbocycles. The maximum absolute atomic E-state index is 6.21. The Morgan fingerprint density at radius 3 is 2.84 bits per heavy atom. The van der Waals surface area contributed by atoms with Crippen molar-refractivity contribution in [3.8, 4) is 0 Å². The minimum absolute atomic E-state index is 0.00979. The van der Waals surface area contributed by atoms with Crippen molar-refractivity contribution in [3.63, 3.8) is 0 Å². The topological polar surface area (TPSA) is 43.8 Å². The van der Waals surface area contributed by atoms with E-state index in [0.29, 0.717) is 6.04 Å². The van der Waals surface area contributed by atoms with Crippen LogP contribution in [-0.2, 0) is 6.42 Å². The quantitative estimate of drug-likeness (QED) is 0.928. The van der Waals surface area contributed by atoms with Crippen molar-refractivity contribution in [2.75, 3.05) is 0 Å². The van der Waals surface area contributed by atoms with Crippen molar-refractivity contribution >= 4 is 22.9 Å². The van der Waals surface area contributed by atoms with Crippen LogP contribution in [0.3, 0.4) is 0 Å². The Hall–Kier alpha value is -0.840. The fourth-order valence-corrected chi connectivity index (χ4v) is 3.77. The molecule has 2 aromatic heterocycles. The van der Waals surface area contributed by atoms with Gasteiger partial charge in [-0.05, 0) is 31.0 Å². The number of hydrogen-bond donors (Lipinski definition) is 1. The summed E-state index contributed by atoms with van der Waals surface area (Å²) in [6.07, 6.45) is 8.04. The van der Waals surface area contributed by atoms with Crippen LogP contribution in [0.4, 0.5) is 0 Å². The fourth-order valence-electron chi connectivity index (χ4n) is 2.71. The third-order valence-electron chi connectivity index (χ3n) is 3.75. The number of nitrogens with two attached hydrogens (primary N) is 1. The van der Waals surface area contributed by atoms with Crippen LogP contribution in [0.2, 0.25) is 4.34 Å².